The molecule has 1 fully saturated rings. The molecule has 0 saturated carbocycles. The molecule has 0 N–H and O–H groups in total. The standard InChI is InChI=1S/C21H36N2/c1-8-22-13-17(6)23(14-21(22)16(4)5)18(7)20-11-9-10-19(12-20)15(2)3/h9-12,15-18,21H,8,13-14H2,1-7H3/t17-,18-,21+/m1/s1. The molecule has 2 nitrogen and oxygen atoms in total. The molecule has 0 aliphatic carbocycles. The van der Waals surface area contributed by atoms with Gasteiger partial charge in [0.05, 0.1) is 0 Å². The van der Waals surface area contributed by atoms with Crippen LogP contribution in [-0.2, 0) is 0 Å². The summed E-state index contributed by atoms with van der Waals surface area (Å²) in [4.78, 5) is 5.39. The Morgan fingerprint density at radius 3 is 2.26 bits per heavy atom. The Labute approximate surface area is 143 Å². The van der Waals surface area contributed by atoms with E-state index in [1.165, 1.54) is 24.2 Å². The van der Waals surface area contributed by atoms with Crippen LogP contribution in [0.1, 0.15) is 71.6 Å². The van der Waals surface area contributed by atoms with Crippen LogP contribution in [0, 0.1) is 5.92 Å². The summed E-state index contributed by atoms with van der Waals surface area (Å²) in [5.74, 6) is 1.30. The van der Waals surface area contributed by atoms with Crippen LogP contribution >= 0.6 is 0 Å². The Morgan fingerprint density at radius 2 is 1.70 bits per heavy atom. The number of nitrogens with zero attached hydrogens (tertiary/aromatic N) is 2. The third-order valence-electron chi connectivity index (χ3n) is 5.66. The average molecular weight is 317 g/mol. The van der Waals surface area contributed by atoms with Gasteiger partial charge >= 0.3 is 0 Å². The van der Waals surface area contributed by atoms with Crippen molar-refractivity contribution in [2.75, 3.05) is 19.6 Å². The summed E-state index contributed by atoms with van der Waals surface area (Å²) in [6.45, 7) is 19.9. The molecule has 2 rings (SSSR count). The van der Waals surface area contributed by atoms with Gasteiger partial charge in [0, 0.05) is 31.2 Å². The maximum atomic E-state index is 2.72. The smallest absolute Gasteiger partial charge is 0.0324 e. The molecule has 1 saturated heterocycles. The zero-order valence-corrected chi connectivity index (χ0v) is 16.2. The van der Waals surface area contributed by atoms with Crippen LogP contribution < -0.4 is 0 Å². The minimum Gasteiger partial charge on any atom is -0.298 e. The fraction of sp³-hybridized carbons (Fsp3) is 0.714. The van der Waals surface area contributed by atoms with E-state index in [1.807, 2.05) is 0 Å². The van der Waals surface area contributed by atoms with Crippen molar-refractivity contribution in [3.05, 3.63) is 35.4 Å². The average Bonchev–Trinajstić information content (AvgIpc) is 2.53. The van der Waals surface area contributed by atoms with E-state index in [-0.39, 0.29) is 0 Å². The number of likely N-dealkylation sites (N-methyl/N-ethyl adjacent to an activating group) is 1. The molecular formula is C21H36N2. The van der Waals surface area contributed by atoms with Crippen LogP contribution in [-0.4, -0.2) is 41.5 Å². The Bertz CT molecular complexity index is 494. The quantitative estimate of drug-likeness (QED) is 0.760. The lowest BCUT2D eigenvalue weighted by Gasteiger charge is -2.49. The van der Waals surface area contributed by atoms with Gasteiger partial charge in [-0.2, -0.15) is 0 Å². The fourth-order valence-electron chi connectivity index (χ4n) is 4.00. The van der Waals surface area contributed by atoms with Crippen LogP contribution in [0.3, 0.4) is 0 Å². The lowest BCUT2D eigenvalue weighted by molar-refractivity contribution is -0.00209. The summed E-state index contributed by atoms with van der Waals surface area (Å²) in [7, 11) is 0. The van der Waals surface area contributed by atoms with Crippen LogP contribution in [0.2, 0.25) is 0 Å². The Kier molecular flexibility index (Phi) is 6.27. The van der Waals surface area contributed by atoms with E-state index in [0.717, 1.165) is 6.54 Å². The first-order chi connectivity index (χ1) is 10.8. The van der Waals surface area contributed by atoms with Gasteiger partial charge in [-0.15, -0.1) is 0 Å². The van der Waals surface area contributed by atoms with Gasteiger partial charge < -0.3 is 0 Å². The maximum absolute atomic E-state index is 2.72. The van der Waals surface area contributed by atoms with E-state index < -0.39 is 0 Å². The van der Waals surface area contributed by atoms with Crippen LogP contribution in [0.25, 0.3) is 0 Å². The highest BCUT2D eigenvalue weighted by Crippen LogP contribution is 2.30. The highest BCUT2D eigenvalue weighted by molar-refractivity contribution is 5.28. The normalized spacial score (nSPS) is 25.3. The summed E-state index contributed by atoms with van der Waals surface area (Å²) in [5.41, 5.74) is 2.92. The predicted molar refractivity (Wildman–Crippen MR) is 101 cm³/mol. The highest BCUT2D eigenvalue weighted by atomic mass is 15.3. The Hall–Kier alpha value is -0.860. The number of hydrogen-bond acceptors (Lipinski definition) is 2. The topological polar surface area (TPSA) is 6.48 Å². The van der Waals surface area contributed by atoms with Gasteiger partial charge in [-0.3, -0.25) is 9.80 Å². The van der Waals surface area contributed by atoms with Crippen molar-refractivity contribution in [2.24, 2.45) is 5.92 Å². The monoisotopic (exact) mass is 316 g/mol. The summed E-state index contributed by atoms with van der Waals surface area (Å²) >= 11 is 0. The first-order valence-electron chi connectivity index (χ1n) is 9.44. The van der Waals surface area contributed by atoms with Crippen LogP contribution in [0.5, 0.6) is 0 Å². The zero-order valence-electron chi connectivity index (χ0n) is 16.2. The van der Waals surface area contributed by atoms with E-state index >= 15 is 0 Å². The number of piperazine rings is 1. The van der Waals surface area contributed by atoms with E-state index in [9.17, 15) is 0 Å². The molecule has 0 unspecified atom stereocenters. The van der Waals surface area contributed by atoms with Gasteiger partial charge in [0.25, 0.3) is 0 Å². The Balaban J connectivity index is 2.20. The van der Waals surface area contributed by atoms with Gasteiger partial charge in [-0.05, 0) is 43.4 Å². The zero-order chi connectivity index (χ0) is 17.1. The van der Waals surface area contributed by atoms with Crippen molar-refractivity contribution in [1.29, 1.82) is 0 Å². The molecular weight excluding hydrogens is 280 g/mol. The number of benzene rings is 1. The van der Waals surface area contributed by atoms with Gasteiger partial charge in [0.1, 0.15) is 0 Å². The van der Waals surface area contributed by atoms with Gasteiger partial charge in [-0.1, -0.05) is 58.9 Å². The molecule has 23 heavy (non-hydrogen) atoms. The molecule has 1 aromatic rings. The van der Waals surface area contributed by atoms with Gasteiger partial charge in [0.15, 0.2) is 0 Å². The van der Waals surface area contributed by atoms with Crippen molar-refractivity contribution in [1.82, 2.24) is 9.80 Å². The molecule has 0 bridgehead atoms. The van der Waals surface area contributed by atoms with Crippen LogP contribution in [0.4, 0.5) is 0 Å². The van der Waals surface area contributed by atoms with Crippen LogP contribution in [0.15, 0.2) is 24.3 Å². The first-order valence-corrected chi connectivity index (χ1v) is 9.44. The van der Waals surface area contributed by atoms with Crippen molar-refractivity contribution < 1.29 is 0 Å². The third-order valence-corrected chi connectivity index (χ3v) is 5.66. The molecule has 1 aromatic carbocycles. The van der Waals surface area contributed by atoms with Crippen molar-refractivity contribution in [3.63, 3.8) is 0 Å². The molecule has 2 heteroatoms. The van der Waals surface area contributed by atoms with E-state index in [0.29, 0.717) is 30.0 Å². The lowest BCUT2D eigenvalue weighted by Crippen LogP contribution is -2.59. The first kappa shape index (κ1) is 18.5. The van der Waals surface area contributed by atoms with Crippen molar-refractivity contribution >= 4 is 0 Å². The summed E-state index contributed by atoms with van der Waals surface area (Å²) in [5, 5.41) is 0. The van der Waals surface area contributed by atoms with E-state index in [4.69, 9.17) is 0 Å². The number of rotatable bonds is 5. The second kappa shape index (κ2) is 7.81. The molecule has 130 valence electrons. The minimum atomic E-state index is 0.490. The summed E-state index contributed by atoms with van der Waals surface area (Å²) in [6, 6.07) is 11.0. The maximum Gasteiger partial charge on any atom is 0.0324 e. The van der Waals surface area contributed by atoms with Gasteiger partial charge in [0.2, 0.25) is 0 Å². The molecule has 0 spiro atoms. The third kappa shape index (κ3) is 4.16. The van der Waals surface area contributed by atoms with E-state index in [2.05, 4.69) is 82.5 Å². The molecule has 0 radical (unpaired) electrons. The molecule has 1 aliphatic rings. The predicted octanol–water partition coefficient (Wildman–Crippen LogP) is 4.92. The summed E-state index contributed by atoms with van der Waals surface area (Å²) < 4.78 is 0. The molecule has 0 amide bonds. The molecule has 1 heterocycles. The Morgan fingerprint density at radius 1 is 1.04 bits per heavy atom. The second-order valence-electron chi connectivity index (χ2n) is 7.95. The second-order valence-corrected chi connectivity index (χ2v) is 7.95. The van der Waals surface area contributed by atoms with E-state index in [1.54, 1.807) is 0 Å². The van der Waals surface area contributed by atoms with Crippen molar-refractivity contribution in [3.8, 4) is 0 Å². The molecule has 1 aliphatic heterocycles. The molecule has 0 aromatic heterocycles. The SMILES string of the molecule is CCN1C[C@@H](C)N([C@H](C)c2cccc(C(C)C)c2)C[C@H]1C(C)C. The summed E-state index contributed by atoms with van der Waals surface area (Å²) in [6.07, 6.45) is 0. The molecule has 3 atom stereocenters. The highest BCUT2D eigenvalue weighted by Gasteiger charge is 2.34. The lowest BCUT2D eigenvalue weighted by atomic mass is 9.93. The van der Waals surface area contributed by atoms with Crippen molar-refractivity contribution in [2.45, 2.75) is 72.5 Å². The fourth-order valence-corrected chi connectivity index (χ4v) is 4.00. The minimum absolute atomic E-state index is 0.490. The van der Waals surface area contributed by atoms with Gasteiger partial charge in [-0.25, -0.2) is 0 Å². The number of hydrogen-bond donors (Lipinski definition) is 0. The largest absolute Gasteiger partial charge is 0.298 e.